The number of nitrogens with zero attached hydrogens (tertiary/aromatic N) is 2. The van der Waals surface area contributed by atoms with Crippen molar-refractivity contribution in [3.63, 3.8) is 0 Å². The standard InChI is InChI=1S/C25H27FN2O2.CH4O/c1-6-25(4,30)16(9-10-29)11-21-24-18(13-28(21)5)22-14(2)7-8-17-15(3)19(26)12-20(27-24)23(17)22;1-2/h6,9-12,14,30H,1,7-8,13H2,2-5H3;2H,1H3/b16-9+,21-11-;/t14-,25+;/m0./s1. The number of aromatic nitrogens is 1. The molecule has 0 saturated heterocycles. The molecule has 170 valence electrons. The molecule has 0 radical (unpaired) electrons. The first-order valence-corrected chi connectivity index (χ1v) is 10.7. The molecule has 2 aromatic rings. The lowest BCUT2D eigenvalue weighted by Gasteiger charge is -2.26. The normalized spacial score (nSPS) is 20.5. The van der Waals surface area contributed by atoms with Crippen LogP contribution in [0.15, 0.2) is 36.4 Å². The molecule has 1 aromatic carbocycles. The second kappa shape index (κ2) is 8.96. The fourth-order valence-electron chi connectivity index (χ4n) is 4.76. The molecule has 4 rings (SSSR count). The molecule has 2 heterocycles. The van der Waals surface area contributed by atoms with Crippen LogP contribution >= 0.6 is 0 Å². The number of pyridine rings is 1. The minimum atomic E-state index is -1.35. The molecule has 32 heavy (non-hydrogen) atoms. The Hall–Kier alpha value is -2.83. The zero-order chi connectivity index (χ0) is 23.8. The highest BCUT2D eigenvalue weighted by atomic mass is 19.1. The Morgan fingerprint density at radius 3 is 2.69 bits per heavy atom. The number of aldehydes is 1. The summed E-state index contributed by atoms with van der Waals surface area (Å²) in [7, 11) is 2.96. The van der Waals surface area contributed by atoms with E-state index in [2.05, 4.69) is 18.4 Å². The van der Waals surface area contributed by atoms with E-state index in [1.54, 1.807) is 13.0 Å². The third-order valence-electron chi connectivity index (χ3n) is 6.64. The van der Waals surface area contributed by atoms with Gasteiger partial charge >= 0.3 is 0 Å². The van der Waals surface area contributed by atoms with Crippen LogP contribution in [0.2, 0.25) is 0 Å². The molecular formula is C26H31FN2O3. The van der Waals surface area contributed by atoms with Gasteiger partial charge in [-0.2, -0.15) is 0 Å². The molecule has 1 aliphatic carbocycles. The van der Waals surface area contributed by atoms with Crippen molar-refractivity contribution in [2.75, 3.05) is 14.2 Å². The smallest absolute Gasteiger partial charge is 0.143 e. The zero-order valence-corrected chi connectivity index (χ0v) is 19.4. The molecule has 0 fully saturated rings. The largest absolute Gasteiger partial charge is 0.400 e. The van der Waals surface area contributed by atoms with E-state index in [1.807, 2.05) is 14.0 Å². The van der Waals surface area contributed by atoms with Gasteiger partial charge in [0.25, 0.3) is 0 Å². The van der Waals surface area contributed by atoms with Gasteiger partial charge in [-0.1, -0.05) is 19.6 Å². The Morgan fingerprint density at radius 1 is 1.38 bits per heavy atom. The summed E-state index contributed by atoms with van der Waals surface area (Å²) in [6.07, 6.45) is 7.03. The van der Waals surface area contributed by atoms with Crippen molar-refractivity contribution in [3.8, 4) is 0 Å². The monoisotopic (exact) mass is 438 g/mol. The highest BCUT2D eigenvalue weighted by Gasteiger charge is 2.33. The van der Waals surface area contributed by atoms with Gasteiger partial charge in [0.15, 0.2) is 0 Å². The Bertz CT molecular complexity index is 1150. The second-order valence-electron chi connectivity index (χ2n) is 8.64. The number of aliphatic hydroxyl groups is 2. The molecule has 2 N–H and O–H groups in total. The van der Waals surface area contributed by atoms with Gasteiger partial charge in [-0.15, -0.1) is 0 Å². The van der Waals surface area contributed by atoms with Crippen LogP contribution in [0.25, 0.3) is 16.6 Å². The molecule has 1 aromatic heterocycles. The van der Waals surface area contributed by atoms with E-state index < -0.39 is 5.60 Å². The van der Waals surface area contributed by atoms with Crippen molar-refractivity contribution in [3.05, 3.63) is 70.2 Å². The summed E-state index contributed by atoms with van der Waals surface area (Å²) >= 11 is 0. The zero-order valence-electron chi connectivity index (χ0n) is 19.4. The number of carbonyl (C=O) groups excluding carboxylic acids is 1. The van der Waals surface area contributed by atoms with E-state index in [4.69, 9.17) is 10.1 Å². The van der Waals surface area contributed by atoms with Crippen LogP contribution in [0.4, 0.5) is 4.39 Å². The lowest BCUT2D eigenvalue weighted by Crippen LogP contribution is -2.23. The summed E-state index contributed by atoms with van der Waals surface area (Å²) in [6.45, 7) is 10.0. The third-order valence-corrected chi connectivity index (χ3v) is 6.64. The summed E-state index contributed by atoms with van der Waals surface area (Å²) in [5.74, 6) is 0.133. The second-order valence-corrected chi connectivity index (χ2v) is 8.64. The van der Waals surface area contributed by atoms with E-state index in [-0.39, 0.29) is 5.82 Å². The average Bonchev–Trinajstić information content (AvgIpc) is 3.08. The molecule has 2 aliphatic rings. The first-order valence-electron chi connectivity index (χ1n) is 10.7. The molecule has 0 bridgehead atoms. The van der Waals surface area contributed by atoms with Crippen LogP contribution in [0.5, 0.6) is 0 Å². The van der Waals surface area contributed by atoms with Crippen LogP contribution in [0.3, 0.4) is 0 Å². The van der Waals surface area contributed by atoms with Crippen molar-refractivity contribution < 1.29 is 19.4 Å². The maximum Gasteiger partial charge on any atom is 0.143 e. The summed E-state index contributed by atoms with van der Waals surface area (Å²) in [4.78, 5) is 18.1. The van der Waals surface area contributed by atoms with Crippen molar-refractivity contribution in [1.82, 2.24) is 9.88 Å². The molecule has 1 aliphatic heterocycles. The summed E-state index contributed by atoms with van der Waals surface area (Å²) < 4.78 is 14.6. The van der Waals surface area contributed by atoms with E-state index in [1.165, 1.54) is 23.8 Å². The van der Waals surface area contributed by atoms with E-state index in [0.29, 0.717) is 29.8 Å². The van der Waals surface area contributed by atoms with Crippen LogP contribution < -0.4 is 0 Å². The Morgan fingerprint density at radius 2 is 2.06 bits per heavy atom. The van der Waals surface area contributed by atoms with E-state index >= 15 is 0 Å². The fraction of sp³-hybridized carbons (Fsp3) is 0.385. The van der Waals surface area contributed by atoms with E-state index in [9.17, 15) is 14.3 Å². The number of allylic oxidation sites excluding steroid dienone is 1. The van der Waals surface area contributed by atoms with Crippen molar-refractivity contribution >= 4 is 22.9 Å². The number of fused-ring (bicyclic) bond motifs is 2. The molecule has 5 nitrogen and oxygen atoms in total. The van der Waals surface area contributed by atoms with Crippen molar-refractivity contribution in [1.29, 1.82) is 0 Å². The van der Waals surface area contributed by atoms with Gasteiger partial charge in [0.2, 0.25) is 0 Å². The summed E-state index contributed by atoms with van der Waals surface area (Å²) in [5.41, 5.74) is 5.55. The maximum absolute atomic E-state index is 14.6. The van der Waals surface area contributed by atoms with Gasteiger partial charge in [-0.05, 0) is 67.0 Å². The number of aliphatic hydroxyl groups excluding tert-OH is 1. The van der Waals surface area contributed by atoms with Gasteiger partial charge in [-0.3, -0.25) is 4.79 Å². The SMILES string of the molecule is C=C[C@@](C)(O)C(/C=C1/c2nc3cc(F)c(C)c4c3c(c2CN1C)[C@@H](C)CC4)=C/C=O.CO. The lowest BCUT2D eigenvalue weighted by molar-refractivity contribution is -0.104. The minimum absolute atomic E-state index is 0.224. The van der Waals surface area contributed by atoms with Gasteiger partial charge in [0, 0.05) is 37.7 Å². The highest BCUT2D eigenvalue weighted by molar-refractivity contribution is 5.92. The molecule has 2 atom stereocenters. The van der Waals surface area contributed by atoms with Crippen molar-refractivity contribution in [2.24, 2.45) is 0 Å². The predicted octanol–water partition coefficient (Wildman–Crippen LogP) is 4.19. The van der Waals surface area contributed by atoms with Crippen LogP contribution in [-0.4, -0.2) is 46.1 Å². The van der Waals surface area contributed by atoms with E-state index in [0.717, 1.165) is 53.4 Å². The predicted molar refractivity (Wildman–Crippen MR) is 126 cm³/mol. The number of carbonyl (C=O) groups is 1. The maximum atomic E-state index is 14.6. The summed E-state index contributed by atoms with van der Waals surface area (Å²) in [6, 6.07) is 1.54. The third kappa shape index (κ3) is 3.78. The molecular weight excluding hydrogens is 407 g/mol. The number of halogens is 1. The Labute approximate surface area is 188 Å². The topological polar surface area (TPSA) is 73.7 Å². The average molecular weight is 439 g/mol. The molecule has 0 amide bonds. The number of aryl methyl sites for hydroxylation is 1. The molecule has 6 heteroatoms. The molecule has 0 unspecified atom stereocenters. The Kier molecular flexibility index (Phi) is 6.67. The quantitative estimate of drug-likeness (QED) is 0.425. The van der Waals surface area contributed by atoms with Crippen LogP contribution in [-0.2, 0) is 17.8 Å². The van der Waals surface area contributed by atoms with Gasteiger partial charge in [-0.25, -0.2) is 9.37 Å². The number of rotatable bonds is 4. The highest BCUT2D eigenvalue weighted by Crippen LogP contribution is 2.45. The fourth-order valence-corrected chi connectivity index (χ4v) is 4.76. The van der Waals surface area contributed by atoms with Crippen LogP contribution in [0.1, 0.15) is 54.1 Å². The lowest BCUT2D eigenvalue weighted by atomic mass is 9.79. The summed E-state index contributed by atoms with van der Waals surface area (Å²) in [5, 5.41) is 18.8. The molecule has 0 spiro atoms. The van der Waals surface area contributed by atoms with Gasteiger partial charge < -0.3 is 15.1 Å². The number of benzene rings is 1. The Balaban J connectivity index is 0.00000141. The van der Waals surface area contributed by atoms with Gasteiger partial charge in [0.1, 0.15) is 17.7 Å². The first kappa shape index (κ1) is 23.8. The van der Waals surface area contributed by atoms with Crippen LogP contribution in [0, 0.1) is 12.7 Å². The number of hydrogen-bond donors (Lipinski definition) is 2. The van der Waals surface area contributed by atoms with Gasteiger partial charge in [0.05, 0.1) is 16.9 Å². The first-order chi connectivity index (χ1) is 15.2. The minimum Gasteiger partial charge on any atom is -0.400 e. The molecule has 0 saturated carbocycles. The number of hydrogen-bond acceptors (Lipinski definition) is 5. The van der Waals surface area contributed by atoms with Crippen molar-refractivity contribution in [2.45, 2.75) is 51.7 Å².